The highest BCUT2D eigenvalue weighted by atomic mass is 17.2. The minimum absolute atomic E-state index is 0.0762. The first-order valence-electron chi connectivity index (χ1n) is 18.6. The van der Waals surface area contributed by atoms with Crippen LogP contribution in [0.3, 0.4) is 0 Å². The average Bonchev–Trinajstić information content (AvgIpc) is 4.04. The van der Waals surface area contributed by atoms with Gasteiger partial charge < -0.3 is 30.0 Å². The monoisotopic (exact) mass is 729 g/mol. The molecule has 3 aromatic heterocycles. The number of anilines is 1. The number of likely N-dealkylation sites (tertiary alicyclic amines) is 2. The van der Waals surface area contributed by atoms with Crippen LogP contribution in [0.2, 0.25) is 0 Å². The van der Waals surface area contributed by atoms with E-state index in [1.54, 1.807) is 19.3 Å². The van der Waals surface area contributed by atoms with Crippen LogP contribution in [0.4, 0.5) is 5.69 Å². The Morgan fingerprint density at radius 3 is 1.83 bits per heavy atom. The molecule has 13 heteroatoms. The number of carbonyl (C=O) groups is 2. The first-order valence-corrected chi connectivity index (χ1v) is 18.6. The lowest BCUT2D eigenvalue weighted by molar-refractivity contribution is -0.188. The van der Waals surface area contributed by atoms with Gasteiger partial charge in [-0.15, -0.1) is 0 Å². The van der Waals surface area contributed by atoms with Crippen molar-refractivity contribution in [3.63, 3.8) is 0 Å². The maximum atomic E-state index is 13.8. The lowest BCUT2D eigenvalue weighted by Gasteiger charge is -2.30. The van der Waals surface area contributed by atoms with E-state index >= 15 is 0 Å². The summed E-state index contributed by atoms with van der Waals surface area (Å²) in [6.07, 6.45) is 11.8. The number of hydrogen-bond acceptors (Lipinski definition) is 9. The van der Waals surface area contributed by atoms with E-state index in [9.17, 15) is 9.59 Å². The number of nitrogens with zero attached hydrogens (tertiary/aromatic N) is 6. The van der Waals surface area contributed by atoms with Gasteiger partial charge in [-0.25, -0.2) is 15.0 Å². The molecule has 2 aliphatic rings. The van der Waals surface area contributed by atoms with Gasteiger partial charge in [-0.1, -0.05) is 62.4 Å². The number of aromatic amines is 2. The molecule has 0 unspecified atom stereocenters. The Labute approximate surface area is 315 Å². The van der Waals surface area contributed by atoms with Gasteiger partial charge in [-0.05, 0) is 72.9 Å². The number of imidazole rings is 2. The average molecular weight is 730 g/mol. The van der Waals surface area contributed by atoms with Crippen LogP contribution in [-0.4, -0.2) is 85.2 Å². The van der Waals surface area contributed by atoms with E-state index in [2.05, 4.69) is 97.5 Å². The van der Waals surface area contributed by atoms with Crippen molar-refractivity contribution in [3.05, 3.63) is 97.1 Å². The molecule has 280 valence electrons. The van der Waals surface area contributed by atoms with Crippen molar-refractivity contribution >= 4 is 23.9 Å². The lowest BCUT2D eigenvalue weighted by atomic mass is 10.0. The second kappa shape index (κ2) is 16.5. The number of amides is 2. The zero-order valence-corrected chi connectivity index (χ0v) is 31.1. The van der Waals surface area contributed by atoms with Gasteiger partial charge in [0, 0.05) is 25.5 Å². The fraction of sp³-hybridized carbons (Fsp3) is 0.366. The number of aliphatic imine (C=N–C) groups is 1. The van der Waals surface area contributed by atoms with Crippen molar-refractivity contribution in [3.8, 4) is 33.6 Å². The van der Waals surface area contributed by atoms with Gasteiger partial charge >= 0.3 is 0 Å². The number of aromatic nitrogens is 5. The molecular formula is C41H47N9O4. The standard InChI is InChI=1S/C41H47N9O4/c1-26(2)37(46-32-8-5-19-42-22-32)41(52)50-21-7-10-36(50)39-44-24-34(48-39)31-17-13-29(14-18-31)28-11-15-30(16-12-28)33-23-43-38(47-33)35-9-6-20-49(35)40(51)27(3)45-25-54-53-4/h5,8,11-19,22-27,35-37,46H,6-7,9-10,20-21H2,1-4H3,(H,43,47)(H,44,48)/t27-,35-,36-,37-/m0/s1. The number of nitrogens with one attached hydrogen (secondary N) is 3. The van der Waals surface area contributed by atoms with Crippen LogP contribution < -0.4 is 5.32 Å². The normalized spacial score (nSPS) is 18.4. The van der Waals surface area contributed by atoms with Gasteiger partial charge in [-0.3, -0.25) is 14.6 Å². The zero-order chi connectivity index (χ0) is 37.6. The van der Waals surface area contributed by atoms with Crippen LogP contribution in [0.25, 0.3) is 33.6 Å². The SMILES string of the molecule is COOC=N[C@@H](C)C(=O)N1CCC[C@H]1c1ncc(-c2ccc(-c3ccc(-c4cnc([C@@H]5CCCN5C(=O)[C@@H](Nc5cccnc5)C(C)C)[nH]4)cc3)cc2)[nH]1. The van der Waals surface area contributed by atoms with Gasteiger partial charge in [0.1, 0.15) is 23.7 Å². The molecule has 0 saturated carbocycles. The van der Waals surface area contributed by atoms with Gasteiger partial charge in [0.2, 0.25) is 18.2 Å². The molecule has 13 nitrogen and oxygen atoms in total. The summed E-state index contributed by atoms with van der Waals surface area (Å²) in [7, 11) is 1.38. The smallest absolute Gasteiger partial charge is 0.247 e. The third-order valence-electron chi connectivity index (χ3n) is 10.3. The van der Waals surface area contributed by atoms with E-state index in [0.717, 1.165) is 83.1 Å². The number of benzene rings is 2. The maximum absolute atomic E-state index is 13.8. The molecule has 3 N–H and O–H groups in total. The number of H-pyrrole nitrogens is 2. The summed E-state index contributed by atoms with van der Waals surface area (Å²) < 4.78 is 0. The van der Waals surface area contributed by atoms with E-state index in [1.165, 1.54) is 7.11 Å². The fourth-order valence-corrected chi connectivity index (χ4v) is 7.40. The molecule has 2 aromatic carbocycles. The number of pyridine rings is 1. The van der Waals surface area contributed by atoms with Crippen LogP contribution in [-0.2, 0) is 19.4 Å². The van der Waals surface area contributed by atoms with Gasteiger partial charge in [-0.2, -0.15) is 4.89 Å². The summed E-state index contributed by atoms with van der Waals surface area (Å²) in [6, 6.07) is 19.4. The number of rotatable bonds is 13. The zero-order valence-electron chi connectivity index (χ0n) is 31.1. The summed E-state index contributed by atoms with van der Waals surface area (Å²) in [5, 5.41) is 3.40. The molecule has 2 aliphatic heterocycles. The predicted molar refractivity (Wildman–Crippen MR) is 207 cm³/mol. The third kappa shape index (κ3) is 7.91. The Hall–Kier alpha value is -5.82. The van der Waals surface area contributed by atoms with Gasteiger partial charge in [0.05, 0.1) is 48.7 Å². The van der Waals surface area contributed by atoms with Crippen molar-refractivity contribution in [2.75, 3.05) is 25.5 Å². The first kappa shape index (κ1) is 36.5. The lowest BCUT2D eigenvalue weighted by Crippen LogP contribution is -2.45. The quantitative estimate of drug-likeness (QED) is 0.0508. The molecule has 2 saturated heterocycles. The Morgan fingerprint density at radius 1 is 0.796 bits per heavy atom. The van der Waals surface area contributed by atoms with Crippen LogP contribution in [0.1, 0.15) is 70.2 Å². The second-order valence-electron chi connectivity index (χ2n) is 14.2. The molecule has 2 amide bonds. The van der Waals surface area contributed by atoms with E-state index in [4.69, 9.17) is 9.87 Å². The van der Waals surface area contributed by atoms with Gasteiger partial charge in [0.15, 0.2) is 0 Å². The summed E-state index contributed by atoms with van der Waals surface area (Å²) in [6.45, 7) is 7.22. The first-order chi connectivity index (χ1) is 26.3. The predicted octanol–water partition coefficient (Wildman–Crippen LogP) is 6.99. The highest BCUT2D eigenvalue weighted by Gasteiger charge is 2.37. The Bertz CT molecular complexity index is 2040. The summed E-state index contributed by atoms with van der Waals surface area (Å²) in [4.78, 5) is 64.7. The van der Waals surface area contributed by atoms with Crippen molar-refractivity contribution in [1.29, 1.82) is 0 Å². The highest BCUT2D eigenvalue weighted by molar-refractivity contribution is 5.86. The Morgan fingerprint density at radius 2 is 1.33 bits per heavy atom. The molecule has 7 rings (SSSR count). The van der Waals surface area contributed by atoms with E-state index in [0.29, 0.717) is 13.1 Å². The topological polar surface area (TPSA) is 154 Å². The van der Waals surface area contributed by atoms with E-state index < -0.39 is 6.04 Å². The largest absolute Gasteiger partial charge is 0.372 e. The Balaban J connectivity index is 0.991. The summed E-state index contributed by atoms with van der Waals surface area (Å²) in [5.41, 5.74) is 6.87. The number of carbonyl (C=O) groups excluding carboxylic acids is 2. The molecule has 5 heterocycles. The van der Waals surface area contributed by atoms with Crippen molar-refractivity contribution in [2.45, 2.75) is 70.6 Å². The van der Waals surface area contributed by atoms with Gasteiger partial charge in [0.25, 0.3) is 0 Å². The Kier molecular flexibility index (Phi) is 11.1. The van der Waals surface area contributed by atoms with Crippen molar-refractivity contribution < 1.29 is 19.4 Å². The minimum atomic E-state index is -0.585. The van der Waals surface area contributed by atoms with Crippen LogP contribution in [0, 0.1) is 5.92 Å². The molecule has 5 aromatic rings. The van der Waals surface area contributed by atoms with E-state index in [1.807, 2.05) is 34.3 Å². The second-order valence-corrected chi connectivity index (χ2v) is 14.2. The molecule has 2 fully saturated rings. The fourth-order valence-electron chi connectivity index (χ4n) is 7.40. The third-order valence-corrected chi connectivity index (χ3v) is 10.3. The molecule has 54 heavy (non-hydrogen) atoms. The van der Waals surface area contributed by atoms with E-state index in [-0.39, 0.29) is 35.9 Å². The maximum Gasteiger partial charge on any atom is 0.247 e. The molecule has 0 bridgehead atoms. The molecule has 4 atom stereocenters. The summed E-state index contributed by atoms with van der Waals surface area (Å²) in [5.74, 6) is 1.69. The molecule has 0 spiro atoms. The highest BCUT2D eigenvalue weighted by Crippen LogP contribution is 2.35. The molecule has 0 radical (unpaired) electrons. The molecular weight excluding hydrogens is 683 g/mol. The minimum Gasteiger partial charge on any atom is -0.372 e. The molecule has 0 aliphatic carbocycles. The summed E-state index contributed by atoms with van der Waals surface area (Å²) >= 11 is 0. The number of hydrogen-bond donors (Lipinski definition) is 3. The van der Waals surface area contributed by atoms with Crippen LogP contribution >= 0.6 is 0 Å². The van der Waals surface area contributed by atoms with Crippen LogP contribution in [0.15, 0.2) is 90.4 Å². The van der Waals surface area contributed by atoms with Crippen LogP contribution in [0.5, 0.6) is 0 Å². The van der Waals surface area contributed by atoms with Crippen molar-refractivity contribution in [2.24, 2.45) is 10.9 Å². The van der Waals surface area contributed by atoms with Crippen molar-refractivity contribution in [1.82, 2.24) is 34.7 Å².